The molecule has 1 fully saturated rings. The van der Waals surface area contributed by atoms with Crippen molar-refractivity contribution < 1.29 is 0 Å². The van der Waals surface area contributed by atoms with Crippen molar-refractivity contribution in [2.45, 2.75) is 25.4 Å². The molecule has 0 bridgehead atoms. The fourth-order valence-electron chi connectivity index (χ4n) is 3.21. The first-order chi connectivity index (χ1) is 9.08. The maximum absolute atomic E-state index is 6.19. The number of nitrogens with two attached hydrogens (primary N) is 1. The van der Waals surface area contributed by atoms with E-state index in [4.69, 9.17) is 5.73 Å². The molecule has 0 aliphatic carbocycles. The van der Waals surface area contributed by atoms with Gasteiger partial charge < -0.3 is 10.6 Å². The van der Waals surface area contributed by atoms with E-state index >= 15 is 0 Å². The van der Waals surface area contributed by atoms with Gasteiger partial charge in [-0.2, -0.15) is 0 Å². The second-order valence-electron chi connectivity index (χ2n) is 5.95. The smallest absolute Gasteiger partial charge is 0.0509 e. The number of hydrogen-bond acceptors (Lipinski definition) is 4. The number of hydrogen-bond donors (Lipinski definition) is 1. The van der Waals surface area contributed by atoms with E-state index in [0.29, 0.717) is 0 Å². The first-order valence-electron chi connectivity index (χ1n) is 7.12. The highest BCUT2D eigenvalue weighted by atomic mass is 15.2. The van der Waals surface area contributed by atoms with Crippen LogP contribution in [0.1, 0.15) is 24.9 Å². The van der Waals surface area contributed by atoms with E-state index in [2.05, 4.69) is 41.9 Å². The molecule has 0 radical (unpaired) electrons. The van der Waals surface area contributed by atoms with Crippen molar-refractivity contribution in [1.82, 2.24) is 14.8 Å². The van der Waals surface area contributed by atoms with Crippen LogP contribution >= 0.6 is 0 Å². The molecule has 2 rings (SSSR count). The van der Waals surface area contributed by atoms with Crippen LogP contribution in [-0.4, -0.2) is 54.6 Å². The summed E-state index contributed by atoms with van der Waals surface area (Å²) < 4.78 is 0. The fourth-order valence-corrected chi connectivity index (χ4v) is 3.21. The van der Waals surface area contributed by atoms with Crippen molar-refractivity contribution >= 4 is 0 Å². The predicted octanol–water partition coefficient (Wildman–Crippen LogP) is 1.35. The van der Waals surface area contributed by atoms with Gasteiger partial charge in [-0.1, -0.05) is 6.07 Å². The van der Waals surface area contributed by atoms with Crippen LogP contribution in [0.15, 0.2) is 24.5 Å². The second-order valence-corrected chi connectivity index (χ2v) is 5.95. The normalized spacial score (nSPS) is 23.7. The zero-order valence-electron chi connectivity index (χ0n) is 12.3. The molecule has 19 heavy (non-hydrogen) atoms. The first kappa shape index (κ1) is 14.4. The molecule has 0 amide bonds. The van der Waals surface area contributed by atoms with Crippen molar-refractivity contribution in [3.8, 4) is 0 Å². The minimum Gasteiger partial charge on any atom is -0.326 e. The summed E-state index contributed by atoms with van der Waals surface area (Å²) in [6.45, 7) is 5.59. The van der Waals surface area contributed by atoms with Crippen LogP contribution in [0.5, 0.6) is 0 Å². The van der Waals surface area contributed by atoms with Crippen molar-refractivity contribution in [3.05, 3.63) is 30.1 Å². The topological polar surface area (TPSA) is 45.4 Å². The molecule has 1 saturated heterocycles. The Kier molecular flexibility index (Phi) is 4.91. The molecule has 106 valence electrons. The Hall–Kier alpha value is -0.970. The molecule has 1 aliphatic rings. The largest absolute Gasteiger partial charge is 0.326 e. The highest BCUT2D eigenvalue weighted by Crippen LogP contribution is 2.24. The lowest BCUT2D eigenvalue weighted by molar-refractivity contribution is 0.187. The number of nitrogens with zero attached hydrogens (tertiary/aromatic N) is 3. The van der Waals surface area contributed by atoms with Gasteiger partial charge in [0.1, 0.15) is 0 Å². The van der Waals surface area contributed by atoms with Gasteiger partial charge in [0.25, 0.3) is 0 Å². The summed E-state index contributed by atoms with van der Waals surface area (Å²) in [6.07, 6.45) is 5.04. The van der Waals surface area contributed by atoms with Gasteiger partial charge in [0.2, 0.25) is 0 Å². The quantitative estimate of drug-likeness (QED) is 0.870. The van der Waals surface area contributed by atoms with Gasteiger partial charge in [-0.05, 0) is 51.5 Å². The van der Waals surface area contributed by atoms with E-state index in [1.54, 1.807) is 0 Å². The number of rotatable bonds is 5. The highest BCUT2D eigenvalue weighted by molar-refractivity contribution is 5.16. The molecular weight excluding hydrogens is 236 g/mol. The molecule has 2 N–H and O–H groups in total. The lowest BCUT2D eigenvalue weighted by Gasteiger charge is -2.33. The van der Waals surface area contributed by atoms with Crippen LogP contribution in [0.3, 0.4) is 0 Å². The second kappa shape index (κ2) is 6.46. The molecule has 4 nitrogen and oxygen atoms in total. The van der Waals surface area contributed by atoms with E-state index in [-0.39, 0.29) is 12.1 Å². The Morgan fingerprint density at radius 3 is 2.89 bits per heavy atom. The lowest BCUT2D eigenvalue weighted by atomic mass is 9.99. The molecule has 1 aromatic rings. The Morgan fingerprint density at radius 1 is 1.58 bits per heavy atom. The summed E-state index contributed by atoms with van der Waals surface area (Å²) in [4.78, 5) is 9.02. The first-order valence-corrected chi connectivity index (χ1v) is 7.12. The maximum Gasteiger partial charge on any atom is 0.0509 e. The van der Waals surface area contributed by atoms with Gasteiger partial charge in [0.15, 0.2) is 0 Å². The minimum absolute atomic E-state index is 0.105. The van der Waals surface area contributed by atoms with E-state index < -0.39 is 0 Å². The average molecular weight is 262 g/mol. The van der Waals surface area contributed by atoms with Gasteiger partial charge in [0, 0.05) is 31.5 Å². The third-order valence-electron chi connectivity index (χ3n) is 4.03. The summed E-state index contributed by atoms with van der Waals surface area (Å²) in [5.41, 5.74) is 7.41. The van der Waals surface area contributed by atoms with E-state index in [0.717, 1.165) is 12.5 Å². The van der Waals surface area contributed by atoms with Crippen LogP contribution in [0, 0.1) is 5.92 Å². The summed E-state index contributed by atoms with van der Waals surface area (Å²) >= 11 is 0. The highest BCUT2D eigenvalue weighted by Gasteiger charge is 2.26. The van der Waals surface area contributed by atoms with Gasteiger partial charge in [-0.15, -0.1) is 0 Å². The fraction of sp³-hybridized carbons (Fsp3) is 0.667. The Bertz CT molecular complexity index is 379. The molecule has 2 heterocycles. The summed E-state index contributed by atoms with van der Waals surface area (Å²) in [6, 6.07) is 4.47. The van der Waals surface area contributed by atoms with Gasteiger partial charge in [-0.25, -0.2) is 0 Å². The Balaban J connectivity index is 2.03. The van der Waals surface area contributed by atoms with Crippen LogP contribution in [0.25, 0.3) is 0 Å². The predicted molar refractivity (Wildman–Crippen MR) is 78.9 cm³/mol. The molecule has 1 aromatic heterocycles. The third-order valence-corrected chi connectivity index (χ3v) is 4.03. The maximum atomic E-state index is 6.19. The van der Waals surface area contributed by atoms with E-state index in [9.17, 15) is 0 Å². The molecule has 0 saturated carbocycles. The number of aromatic nitrogens is 1. The molecule has 1 aliphatic heterocycles. The minimum atomic E-state index is 0.105. The lowest BCUT2D eigenvalue weighted by Crippen LogP contribution is -2.40. The van der Waals surface area contributed by atoms with Crippen molar-refractivity contribution in [2.24, 2.45) is 11.7 Å². The summed E-state index contributed by atoms with van der Waals surface area (Å²) in [7, 11) is 4.38. The molecular formula is C15H26N4. The Labute approximate surface area is 116 Å². The third kappa shape index (κ3) is 3.75. The monoisotopic (exact) mass is 262 g/mol. The Morgan fingerprint density at radius 2 is 2.37 bits per heavy atom. The van der Waals surface area contributed by atoms with Crippen LogP contribution in [0.4, 0.5) is 0 Å². The molecule has 4 heteroatoms. The van der Waals surface area contributed by atoms with Crippen molar-refractivity contribution in [3.63, 3.8) is 0 Å². The van der Waals surface area contributed by atoms with Gasteiger partial charge in [0.05, 0.1) is 6.04 Å². The van der Waals surface area contributed by atoms with Crippen molar-refractivity contribution in [1.29, 1.82) is 0 Å². The number of pyridine rings is 1. The van der Waals surface area contributed by atoms with Crippen molar-refractivity contribution in [2.75, 3.05) is 33.7 Å². The van der Waals surface area contributed by atoms with Crippen LogP contribution in [-0.2, 0) is 0 Å². The summed E-state index contributed by atoms with van der Waals surface area (Å²) in [5.74, 6) is 0.757. The van der Waals surface area contributed by atoms with E-state index in [1.165, 1.54) is 25.1 Å². The zero-order valence-corrected chi connectivity index (χ0v) is 12.3. The molecule has 0 aromatic carbocycles. The average Bonchev–Trinajstić information content (AvgIpc) is 2.75. The summed E-state index contributed by atoms with van der Waals surface area (Å²) in [5, 5.41) is 0. The van der Waals surface area contributed by atoms with Crippen LogP contribution in [0.2, 0.25) is 0 Å². The standard InChI is InChI=1S/C15H26N4/c1-12(16)15(14-5-4-7-17-9-14)19(3)11-13-6-8-18(2)10-13/h4-5,7,9,12-13,15H,6,8,10-11,16H2,1-3H3. The van der Waals surface area contributed by atoms with E-state index in [1.807, 2.05) is 18.5 Å². The zero-order chi connectivity index (χ0) is 13.8. The SMILES string of the molecule is CC(N)C(c1cccnc1)N(C)CC1CCN(C)C1. The molecule has 0 spiro atoms. The van der Waals surface area contributed by atoms with Crippen LogP contribution < -0.4 is 5.73 Å². The van der Waals surface area contributed by atoms with Gasteiger partial charge >= 0.3 is 0 Å². The number of likely N-dealkylation sites (tertiary alicyclic amines) is 1. The molecule has 3 unspecified atom stereocenters. The molecule has 3 atom stereocenters. The number of likely N-dealkylation sites (N-methyl/N-ethyl adjacent to an activating group) is 1. The van der Waals surface area contributed by atoms with Gasteiger partial charge in [-0.3, -0.25) is 9.88 Å².